The summed E-state index contributed by atoms with van der Waals surface area (Å²) in [7, 11) is 0. The minimum atomic E-state index is -1.05. The number of thiophene rings is 1. The second-order valence-corrected chi connectivity index (χ2v) is 4.92. The van der Waals surface area contributed by atoms with Gasteiger partial charge in [0.05, 0.1) is 0 Å². The van der Waals surface area contributed by atoms with Gasteiger partial charge in [0.1, 0.15) is 12.1 Å². The zero-order chi connectivity index (χ0) is 13.0. The molecule has 0 bridgehead atoms. The fraction of sp³-hybridized carbons (Fsp3) is 0.400. The quantitative estimate of drug-likeness (QED) is 0.552. The van der Waals surface area contributed by atoms with Gasteiger partial charge in [-0.2, -0.15) is 0 Å². The van der Waals surface area contributed by atoms with Gasteiger partial charge in [-0.25, -0.2) is 0 Å². The van der Waals surface area contributed by atoms with Crippen molar-refractivity contribution in [1.29, 1.82) is 0 Å². The van der Waals surface area contributed by atoms with Crippen LogP contribution in [0.1, 0.15) is 9.75 Å². The molecule has 0 radical (unpaired) electrons. The first-order chi connectivity index (χ1) is 7.90. The average Bonchev–Trinajstić information content (AvgIpc) is 2.65. The van der Waals surface area contributed by atoms with Gasteiger partial charge >= 0.3 is 11.9 Å². The predicted octanol–water partition coefficient (Wildman–Crippen LogP) is -0.343. The van der Waals surface area contributed by atoms with Gasteiger partial charge in [-0.1, -0.05) is 0 Å². The second-order valence-electron chi connectivity index (χ2n) is 3.67. The Labute approximate surface area is 102 Å². The molecule has 0 spiro atoms. The summed E-state index contributed by atoms with van der Waals surface area (Å²) < 4.78 is 0. The van der Waals surface area contributed by atoms with Gasteiger partial charge in [-0.15, -0.1) is 11.3 Å². The zero-order valence-corrected chi connectivity index (χ0v) is 9.81. The molecule has 94 valence electrons. The zero-order valence-electron chi connectivity index (χ0n) is 9.00. The summed E-state index contributed by atoms with van der Waals surface area (Å²) in [4.78, 5) is 22.7. The largest absolute Gasteiger partial charge is 0.480 e. The third kappa shape index (κ3) is 4.14. The summed E-state index contributed by atoms with van der Waals surface area (Å²) in [6.07, 6.45) is 0.477. The molecular formula is C10H14N2O4S. The van der Waals surface area contributed by atoms with Crippen molar-refractivity contribution in [3.05, 3.63) is 21.9 Å². The maximum absolute atomic E-state index is 10.6. The number of aliphatic carboxylic acids is 2. The van der Waals surface area contributed by atoms with Crippen LogP contribution in [0, 0.1) is 0 Å². The van der Waals surface area contributed by atoms with Crippen LogP contribution in [0.3, 0.4) is 0 Å². The molecule has 0 saturated heterocycles. The number of carboxylic acids is 2. The van der Waals surface area contributed by atoms with E-state index in [4.69, 9.17) is 21.7 Å². The van der Waals surface area contributed by atoms with E-state index in [0.29, 0.717) is 0 Å². The van der Waals surface area contributed by atoms with Gasteiger partial charge in [0.25, 0.3) is 0 Å². The predicted molar refractivity (Wildman–Crippen MR) is 62.9 cm³/mol. The van der Waals surface area contributed by atoms with Gasteiger partial charge < -0.3 is 21.7 Å². The van der Waals surface area contributed by atoms with E-state index in [1.807, 2.05) is 0 Å². The maximum atomic E-state index is 10.6. The molecule has 0 saturated carbocycles. The summed E-state index contributed by atoms with van der Waals surface area (Å²) in [6, 6.07) is 1.62. The Morgan fingerprint density at radius 2 is 1.41 bits per heavy atom. The SMILES string of the molecule is N[C@@H](Cc1ccc(C[C@H](N)C(=O)O)s1)C(=O)O. The molecule has 0 aliphatic rings. The van der Waals surface area contributed by atoms with Gasteiger partial charge in [-0.3, -0.25) is 9.59 Å². The summed E-state index contributed by atoms with van der Waals surface area (Å²) in [5.74, 6) is -2.11. The molecule has 7 heteroatoms. The van der Waals surface area contributed by atoms with Gasteiger partial charge in [0.15, 0.2) is 0 Å². The molecule has 1 heterocycles. The molecule has 2 atom stereocenters. The number of carboxylic acid groups (broad SMARTS) is 2. The van der Waals surface area contributed by atoms with Gasteiger partial charge in [0.2, 0.25) is 0 Å². The Bertz CT molecular complexity index is 382. The Balaban J connectivity index is 2.59. The summed E-state index contributed by atoms with van der Waals surface area (Å²) in [6.45, 7) is 0. The van der Waals surface area contributed by atoms with E-state index >= 15 is 0 Å². The van der Waals surface area contributed by atoms with Crippen molar-refractivity contribution in [2.75, 3.05) is 0 Å². The first-order valence-corrected chi connectivity index (χ1v) is 5.76. The van der Waals surface area contributed by atoms with Crippen molar-refractivity contribution in [3.8, 4) is 0 Å². The summed E-state index contributed by atoms with van der Waals surface area (Å²) in [5.41, 5.74) is 10.8. The van der Waals surface area contributed by atoms with Crippen LogP contribution in [-0.2, 0) is 22.4 Å². The van der Waals surface area contributed by atoms with Crippen LogP contribution < -0.4 is 11.5 Å². The smallest absolute Gasteiger partial charge is 0.320 e. The van der Waals surface area contributed by atoms with Crippen molar-refractivity contribution in [2.24, 2.45) is 11.5 Å². The first-order valence-electron chi connectivity index (χ1n) is 4.94. The molecule has 0 unspecified atom stereocenters. The third-order valence-electron chi connectivity index (χ3n) is 2.19. The van der Waals surface area contributed by atoms with E-state index in [2.05, 4.69) is 0 Å². The lowest BCUT2D eigenvalue weighted by Gasteiger charge is -2.04. The summed E-state index contributed by atoms with van der Waals surface area (Å²) >= 11 is 1.34. The molecule has 6 nitrogen and oxygen atoms in total. The van der Waals surface area contributed by atoms with E-state index in [-0.39, 0.29) is 12.8 Å². The number of rotatable bonds is 6. The number of hydrogen-bond donors (Lipinski definition) is 4. The second kappa shape index (κ2) is 5.76. The molecule has 0 aliphatic carbocycles. The minimum Gasteiger partial charge on any atom is -0.480 e. The molecule has 0 aromatic carbocycles. The van der Waals surface area contributed by atoms with Crippen molar-refractivity contribution < 1.29 is 19.8 Å². The Hall–Kier alpha value is -1.44. The molecule has 6 N–H and O–H groups in total. The van der Waals surface area contributed by atoms with Crippen LogP contribution >= 0.6 is 11.3 Å². The Morgan fingerprint density at radius 1 is 1.06 bits per heavy atom. The van der Waals surface area contributed by atoms with Crippen molar-refractivity contribution in [2.45, 2.75) is 24.9 Å². The fourth-order valence-electron chi connectivity index (χ4n) is 1.25. The number of carbonyl (C=O) groups is 2. The molecule has 0 amide bonds. The van der Waals surface area contributed by atoms with Crippen LogP contribution in [0.15, 0.2) is 12.1 Å². The maximum Gasteiger partial charge on any atom is 0.320 e. The van der Waals surface area contributed by atoms with Crippen LogP contribution in [0.2, 0.25) is 0 Å². The van der Waals surface area contributed by atoms with Crippen molar-refractivity contribution in [1.82, 2.24) is 0 Å². The average molecular weight is 258 g/mol. The lowest BCUT2D eigenvalue weighted by atomic mass is 10.2. The molecule has 0 aliphatic heterocycles. The first kappa shape index (κ1) is 13.6. The molecule has 17 heavy (non-hydrogen) atoms. The Kier molecular flexibility index (Phi) is 4.62. The van der Waals surface area contributed by atoms with Gasteiger partial charge in [-0.05, 0) is 12.1 Å². The minimum absolute atomic E-state index is 0.238. The lowest BCUT2D eigenvalue weighted by molar-refractivity contribution is -0.139. The fourth-order valence-corrected chi connectivity index (χ4v) is 2.38. The molecule has 1 aromatic heterocycles. The van der Waals surface area contributed by atoms with E-state index < -0.39 is 24.0 Å². The third-order valence-corrected chi connectivity index (χ3v) is 3.32. The summed E-state index contributed by atoms with van der Waals surface area (Å²) in [5, 5.41) is 17.3. The van der Waals surface area contributed by atoms with Gasteiger partial charge in [0, 0.05) is 22.6 Å². The number of hydrogen-bond acceptors (Lipinski definition) is 5. The highest BCUT2D eigenvalue weighted by molar-refractivity contribution is 7.12. The monoisotopic (exact) mass is 258 g/mol. The Morgan fingerprint density at radius 3 is 1.71 bits per heavy atom. The van der Waals surface area contributed by atoms with Crippen LogP contribution in [0.5, 0.6) is 0 Å². The highest BCUT2D eigenvalue weighted by Crippen LogP contribution is 2.19. The van der Waals surface area contributed by atoms with Crippen molar-refractivity contribution >= 4 is 23.3 Å². The standard InChI is InChI=1S/C10H14N2O4S/c11-7(9(13)14)3-5-1-2-6(17-5)4-8(12)10(15)16/h1-2,7-8H,3-4,11-12H2,(H,13,14)(H,15,16)/t7-,8-/m0/s1. The van der Waals surface area contributed by atoms with E-state index in [9.17, 15) is 9.59 Å². The lowest BCUT2D eigenvalue weighted by Crippen LogP contribution is -2.32. The molecule has 0 fully saturated rings. The van der Waals surface area contributed by atoms with Crippen LogP contribution in [0.25, 0.3) is 0 Å². The normalized spacial score (nSPS) is 14.2. The van der Waals surface area contributed by atoms with E-state index in [1.165, 1.54) is 11.3 Å². The molecule has 1 aromatic rings. The van der Waals surface area contributed by atoms with Crippen LogP contribution in [-0.4, -0.2) is 34.2 Å². The highest BCUT2D eigenvalue weighted by Gasteiger charge is 2.16. The highest BCUT2D eigenvalue weighted by atomic mass is 32.1. The van der Waals surface area contributed by atoms with Crippen molar-refractivity contribution in [3.63, 3.8) is 0 Å². The number of nitrogens with two attached hydrogens (primary N) is 2. The topological polar surface area (TPSA) is 127 Å². The van der Waals surface area contributed by atoms with Crippen LogP contribution in [0.4, 0.5) is 0 Å². The van der Waals surface area contributed by atoms with E-state index in [0.717, 1.165) is 9.75 Å². The molecule has 1 rings (SSSR count). The molecular weight excluding hydrogens is 244 g/mol. The van der Waals surface area contributed by atoms with E-state index in [1.54, 1.807) is 12.1 Å².